The number of pyridine rings is 1. The first-order chi connectivity index (χ1) is 8.18. The number of nitrogens with two attached hydrogens (primary N) is 1. The average molecular weight is 238 g/mol. The highest BCUT2D eigenvalue weighted by Gasteiger charge is 2.30. The predicted molar refractivity (Wildman–Crippen MR) is 59.7 cm³/mol. The van der Waals surface area contributed by atoms with E-state index in [1.54, 1.807) is 4.57 Å². The molecular weight excluding hydrogens is 226 g/mol. The Morgan fingerprint density at radius 3 is 2.88 bits per heavy atom. The van der Waals surface area contributed by atoms with E-state index in [1.807, 2.05) is 0 Å². The van der Waals surface area contributed by atoms with Crippen LogP contribution in [0.5, 0.6) is 0 Å². The number of nitrogen functional groups attached to an aromatic ring is 1. The minimum Gasteiger partial charge on any atom is -0.382 e. The SMILES string of the molecule is Nc1ncc(F)c2c1ncn2[C@H]1CCCC1F. The lowest BCUT2D eigenvalue weighted by atomic mass is 10.2. The number of rotatable bonds is 1. The van der Waals surface area contributed by atoms with Crippen molar-refractivity contribution >= 4 is 16.9 Å². The van der Waals surface area contributed by atoms with E-state index in [9.17, 15) is 8.78 Å². The minimum atomic E-state index is -0.943. The van der Waals surface area contributed by atoms with Crippen LogP contribution in [0.15, 0.2) is 12.5 Å². The van der Waals surface area contributed by atoms with Crippen molar-refractivity contribution < 1.29 is 8.78 Å². The van der Waals surface area contributed by atoms with E-state index in [0.29, 0.717) is 18.4 Å². The van der Waals surface area contributed by atoms with Crippen LogP contribution in [0.2, 0.25) is 0 Å². The number of fused-ring (bicyclic) bond motifs is 1. The van der Waals surface area contributed by atoms with Gasteiger partial charge >= 0.3 is 0 Å². The van der Waals surface area contributed by atoms with Crippen molar-refractivity contribution in [1.29, 1.82) is 0 Å². The van der Waals surface area contributed by atoms with Crippen LogP contribution in [-0.4, -0.2) is 20.7 Å². The largest absolute Gasteiger partial charge is 0.382 e. The molecule has 90 valence electrons. The van der Waals surface area contributed by atoms with Gasteiger partial charge in [0.2, 0.25) is 0 Å². The molecule has 1 aliphatic carbocycles. The third-order valence-electron chi connectivity index (χ3n) is 3.33. The molecule has 0 spiro atoms. The molecule has 1 saturated carbocycles. The summed E-state index contributed by atoms with van der Waals surface area (Å²) >= 11 is 0. The Morgan fingerprint density at radius 1 is 1.35 bits per heavy atom. The average Bonchev–Trinajstić information content (AvgIpc) is 2.89. The molecule has 2 aromatic heterocycles. The van der Waals surface area contributed by atoms with Gasteiger partial charge in [-0.3, -0.25) is 0 Å². The summed E-state index contributed by atoms with van der Waals surface area (Å²) < 4.78 is 29.0. The Bertz CT molecular complexity index is 566. The third kappa shape index (κ3) is 1.47. The van der Waals surface area contributed by atoms with Crippen LogP contribution in [-0.2, 0) is 0 Å². The summed E-state index contributed by atoms with van der Waals surface area (Å²) in [6.45, 7) is 0. The lowest BCUT2D eigenvalue weighted by Gasteiger charge is -2.15. The molecule has 4 nitrogen and oxygen atoms in total. The van der Waals surface area contributed by atoms with Gasteiger partial charge in [-0.15, -0.1) is 0 Å². The first-order valence-electron chi connectivity index (χ1n) is 5.59. The molecule has 17 heavy (non-hydrogen) atoms. The van der Waals surface area contributed by atoms with Crippen LogP contribution in [0.4, 0.5) is 14.6 Å². The Hall–Kier alpha value is -1.72. The monoisotopic (exact) mass is 238 g/mol. The number of halogens is 2. The lowest BCUT2D eigenvalue weighted by Crippen LogP contribution is -2.14. The molecule has 0 aliphatic heterocycles. The molecule has 3 rings (SSSR count). The van der Waals surface area contributed by atoms with Crippen molar-refractivity contribution in [2.24, 2.45) is 0 Å². The topological polar surface area (TPSA) is 56.7 Å². The quantitative estimate of drug-likeness (QED) is 0.828. The Kier molecular flexibility index (Phi) is 2.24. The van der Waals surface area contributed by atoms with Gasteiger partial charge in [0.25, 0.3) is 0 Å². The van der Waals surface area contributed by atoms with Crippen LogP contribution in [0.25, 0.3) is 11.0 Å². The van der Waals surface area contributed by atoms with Crippen LogP contribution in [0, 0.1) is 5.82 Å². The highest BCUT2D eigenvalue weighted by atomic mass is 19.1. The summed E-state index contributed by atoms with van der Waals surface area (Å²) in [6.07, 6.45) is 3.60. The maximum atomic E-state index is 13.7. The molecule has 0 saturated heterocycles. The molecule has 2 atom stereocenters. The fourth-order valence-corrected chi connectivity index (χ4v) is 2.49. The lowest BCUT2D eigenvalue weighted by molar-refractivity contribution is 0.266. The smallest absolute Gasteiger partial charge is 0.167 e. The van der Waals surface area contributed by atoms with Crippen LogP contribution in [0.3, 0.4) is 0 Å². The van der Waals surface area contributed by atoms with E-state index in [0.717, 1.165) is 12.6 Å². The van der Waals surface area contributed by atoms with E-state index in [2.05, 4.69) is 9.97 Å². The third-order valence-corrected chi connectivity index (χ3v) is 3.33. The second-order valence-corrected chi connectivity index (χ2v) is 4.35. The summed E-state index contributed by atoms with van der Waals surface area (Å²) in [4.78, 5) is 7.73. The number of nitrogens with zero attached hydrogens (tertiary/aromatic N) is 3. The highest BCUT2D eigenvalue weighted by molar-refractivity contribution is 5.85. The van der Waals surface area contributed by atoms with Gasteiger partial charge in [-0.05, 0) is 19.3 Å². The number of hydrogen-bond acceptors (Lipinski definition) is 3. The van der Waals surface area contributed by atoms with E-state index in [4.69, 9.17) is 5.73 Å². The van der Waals surface area contributed by atoms with Crippen LogP contribution < -0.4 is 5.73 Å². The molecule has 0 aromatic carbocycles. The fourth-order valence-electron chi connectivity index (χ4n) is 2.49. The number of anilines is 1. The number of alkyl halides is 1. The van der Waals surface area contributed by atoms with E-state index in [-0.39, 0.29) is 17.4 Å². The summed E-state index contributed by atoms with van der Waals surface area (Å²) in [5.74, 6) is -0.334. The van der Waals surface area contributed by atoms with Crippen molar-refractivity contribution in [2.75, 3.05) is 5.73 Å². The summed E-state index contributed by atoms with van der Waals surface area (Å²) in [5.41, 5.74) is 6.19. The molecule has 0 radical (unpaired) electrons. The second kappa shape index (κ2) is 3.65. The van der Waals surface area contributed by atoms with Gasteiger partial charge < -0.3 is 10.3 Å². The predicted octanol–water partition coefficient (Wildman–Crippen LogP) is 2.22. The first-order valence-corrected chi connectivity index (χ1v) is 5.59. The zero-order chi connectivity index (χ0) is 12.0. The Morgan fingerprint density at radius 2 is 2.18 bits per heavy atom. The molecule has 6 heteroatoms. The molecule has 1 fully saturated rings. The standard InChI is InChI=1S/C11H12F2N4/c12-6-2-1-3-8(6)17-5-16-9-10(17)7(13)4-15-11(9)14/h4-6,8H,1-3H2,(H2,14,15)/t6?,8-/m0/s1. The molecule has 0 bridgehead atoms. The van der Waals surface area contributed by atoms with Gasteiger partial charge in [-0.25, -0.2) is 18.7 Å². The highest BCUT2D eigenvalue weighted by Crippen LogP contribution is 2.35. The van der Waals surface area contributed by atoms with Crippen molar-refractivity contribution in [2.45, 2.75) is 31.5 Å². The second-order valence-electron chi connectivity index (χ2n) is 4.35. The van der Waals surface area contributed by atoms with Crippen molar-refractivity contribution in [1.82, 2.24) is 14.5 Å². The molecule has 1 aliphatic rings. The maximum Gasteiger partial charge on any atom is 0.167 e. The van der Waals surface area contributed by atoms with Gasteiger partial charge in [0.15, 0.2) is 11.6 Å². The zero-order valence-electron chi connectivity index (χ0n) is 9.11. The fraction of sp³-hybridized carbons (Fsp3) is 0.455. The van der Waals surface area contributed by atoms with Gasteiger partial charge in [0, 0.05) is 0 Å². The molecule has 2 N–H and O–H groups in total. The van der Waals surface area contributed by atoms with Crippen LogP contribution >= 0.6 is 0 Å². The molecule has 2 aromatic rings. The van der Waals surface area contributed by atoms with Crippen molar-refractivity contribution in [3.05, 3.63) is 18.3 Å². The number of imidazole rings is 1. The minimum absolute atomic E-state index is 0.175. The maximum absolute atomic E-state index is 13.7. The van der Waals surface area contributed by atoms with Crippen molar-refractivity contribution in [3.63, 3.8) is 0 Å². The zero-order valence-corrected chi connectivity index (χ0v) is 9.11. The normalized spacial score (nSPS) is 24.6. The summed E-state index contributed by atoms with van der Waals surface area (Å²) in [6, 6.07) is -0.337. The first kappa shape index (κ1) is 10.4. The van der Waals surface area contributed by atoms with Gasteiger partial charge in [0.1, 0.15) is 17.2 Å². The van der Waals surface area contributed by atoms with E-state index < -0.39 is 12.0 Å². The molecule has 2 heterocycles. The Balaban J connectivity index is 2.20. The molecular formula is C11H12F2N4. The molecule has 0 amide bonds. The number of aromatic nitrogens is 3. The van der Waals surface area contributed by atoms with Gasteiger partial charge in [-0.1, -0.05) is 0 Å². The van der Waals surface area contributed by atoms with Gasteiger partial charge in [0.05, 0.1) is 18.6 Å². The summed E-state index contributed by atoms with van der Waals surface area (Å²) in [7, 11) is 0. The Labute approximate surface area is 96.5 Å². The van der Waals surface area contributed by atoms with E-state index in [1.165, 1.54) is 6.33 Å². The number of hydrogen-bond donors (Lipinski definition) is 1. The van der Waals surface area contributed by atoms with Crippen LogP contribution in [0.1, 0.15) is 25.3 Å². The van der Waals surface area contributed by atoms with E-state index >= 15 is 0 Å². The summed E-state index contributed by atoms with van der Waals surface area (Å²) in [5, 5.41) is 0. The van der Waals surface area contributed by atoms with Crippen molar-refractivity contribution in [3.8, 4) is 0 Å². The van der Waals surface area contributed by atoms with Gasteiger partial charge in [-0.2, -0.15) is 0 Å². The molecule has 1 unspecified atom stereocenters.